The van der Waals surface area contributed by atoms with E-state index in [1.807, 2.05) is 30.0 Å². The van der Waals surface area contributed by atoms with Gasteiger partial charge in [-0.1, -0.05) is 18.2 Å². The molecule has 0 spiro atoms. The van der Waals surface area contributed by atoms with Crippen LogP contribution in [0.3, 0.4) is 0 Å². The highest BCUT2D eigenvalue weighted by atomic mass is 32.1. The van der Waals surface area contributed by atoms with Crippen LogP contribution in [0, 0.1) is 6.92 Å². The van der Waals surface area contributed by atoms with E-state index in [-0.39, 0.29) is 6.03 Å². The maximum atomic E-state index is 11.7. The Kier molecular flexibility index (Phi) is 4.06. The fourth-order valence-electron chi connectivity index (χ4n) is 2.35. The van der Waals surface area contributed by atoms with Crippen molar-refractivity contribution in [3.8, 4) is 0 Å². The predicted octanol–water partition coefficient (Wildman–Crippen LogP) is 2.59. The van der Waals surface area contributed by atoms with Crippen molar-refractivity contribution >= 4 is 23.1 Å². The number of anilines is 1. The fourth-order valence-corrected chi connectivity index (χ4v) is 3.06. The second-order valence-electron chi connectivity index (χ2n) is 5.05. The first-order chi connectivity index (χ1) is 10.2. The van der Waals surface area contributed by atoms with Gasteiger partial charge in [-0.2, -0.15) is 0 Å². The number of carbonyl (C=O) groups is 1. The van der Waals surface area contributed by atoms with Gasteiger partial charge in [-0.25, -0.2) is 9.78 Å². The molecule has 0 radical (unpaired) electrons. The van der Waals surface area contributed by atoms with Crippen LogP contribution in [-0.2, 0) is 13.1 Å². The molecule has 5 nitrogen and oxygen atoms in total. The van der Waals surface area contributed by atoms with Crippen LogP contribution in [0.2, 0.25) is 0 Å². The van der Waals surface area contributed by atoms with E-state index in [4.69, 9.17) is 0 Å². The van der Waals surface area contributed by atoms with Crippen molar-refractivity contribution in [2.45, 2.75) is 20.0 Å². The molecule has 1 aliphatic heterocycles. The van der Waals surface area contributed by atoms with Crippen molar-refractivity contribution in [3.63, 3.8) is 0 Å². The molecule has 3 rings (SSSR count). The summed E-state index contributed by atoms with van der Waals surface area (Å²) in [7, 11) is 0. The van der Waals surface area contributed by atoms with Crippen LogP contribution < -0.4 is 10.6 Å². The van der Waals surface area contributed by atoms with Gasteiger partial charge in [0.25, 0.3) is 0 Å². The summed E-state index contributed by atoms with van der Waals surface area (Å²) in [5.74, 6) is 0. The van der Waals surface area contributed by atoms with Crippen molar-refractivity contribution in [1.82, 2.24) is 15.2 Å². The zero-order valence-electron chi connectivity index (χ0n) is 11.9. The summed E-state index contributed by atoms with van der Waals surface area (Å²) in [6, 6.07) is 8.12. The molecule has 2 N–H and O–H groups in total. The molecule has 1 fully saturated rings. The largest absolute Gasteiger partial charge is 0.378 e. The summed E-state index contributed by atoms with van der Waals surface area (Å²) in [6.45, 7) is 4.83. The SMILES string of the molecule is Cc1csc(CNc2ccccc2CN2CCNC2=O)n1. The van der Waals surface area contributed by atoms with Crippen LogP contribution in [0.4, 0.5) is 10.5 Å². The molecule has 21 heavy (non-hydrogen) atoms. The van der Waals surface area contributed by atoms with Gasteiger partial charge in [0, 0.05) is 36.4 Å². The number of hydrogen-bond donors (Lipinski definition) is 2. The molecular formula is C15H18N4OS. The number of aryl methyl sites for hydroxylation is 1. The number of thiazole rings is 1. The van der Waals surface area contributed by atoms with E-state index in [1.165, 1.54) is 0 Å². The van der Waals surface area contributed by atoms with E-state index in [0.29, 0.717) is 13.1 Å². The Morgan fingerprint density at radius 3 is 3.00 bits per heavy atom. The highest BCUT2D eigenvalue weighted by Gasteiger charge is 2.20. The van der Waals surface area contributed by atoms with Crippen LogP contribution in [0.15, 0.2) is 29.6 Å². The minimum absolute atomic E-state index is 0.0142. The number of urea groups is 1. The summed E-state index contributed by atoms with van der Waals surface area (Å²) >= 11 is 1.66. The maximum Gasteiger partial charge on any atom is 0.317 e. The van der Waals surface area contributed by atoms with Crippen LogP contribution in [0.5, 0.6) is 0 Å². The number of hydrogen-bond acceptors (Lipinski definition) is 4. The number of carbonyl (C=O) groups excluding carboxylic acids is 1. The van der Waals surface area contributed by atoms with Gasteiger partial charge in [-0.05, 0) is 18.6 Å². The van der Waals surface area contributed by atoms with Crippen LogP contribution >= 0.6 is 11.3 Å². The number of nitrogens with zero attached hydrogens (tertiary/aromatic N) is 2. The summed E-state index contributed by atoms with van der Waals surface area (Å²) in [5.41, 5.74) is 3.24. The first-order valence-corrected chi connectivity index (χ1v) is 7.86. The topological polar surface area (TPSA) is 57.3 Å². The average molecular weight is 302 g/mol. The van der Waals surface area contributed by atoms with Crippen molar-refractivity contribution in [3.05, 3.63) is 45.9 Å². The standard InChI is InChI=1S/C15H18N4OS/c1-11-10-21-14(18-11)8-17-13-5-3-2-4-12(13)9-19-7-6-16-15(19)20/h2-5,10,17H,6-9H2,1H3,(H,16,20). The molecular weight excluding hydrogens is 284 g/mol. The second-order valence-corrected chi connectivity index (χ2v) is 5.99. The monoisotopic (exact) mass is 302 g/mol. The summed E-state index contributed by atoms with van der Waals surface area (Å²) in [6.07, 6.45) is 0. The molecule has 0 unspecified atom stereocenters. The molecule has 2 heterocycles. The molecule has 110 valence electrons. The minimum Gasteiger partial charge on any atom is -0.378 e. The lowest BCUT2D eigenvalue weighted by Crippen LogP contribution is -2.27. The van der Waals surface area contributed by atoms with E-state index >= 15 is 0 Å². The molecule has 1 aromatic heterocycles. The first kappa shape index (κ1) is 13.9. The maximum absolute atomic E-state index is 11.7. The zero-order chi connectivity index (χ0) is 14.7. The smallest absolute Gasteiger partial charge is 0.317 e. The Hall–Kier alpha value is -2.08. The van der Waals surface area contributed by atoms with Crippen molar-refractivity contribution in [2.24, 2.45) is 0 Å². The van der Waals surface area contributed by atoms with Gasteiger partial charge in [-0.15, -0.1) is 11.3 Å². The van der Waals surface area contributed by atoms with Gasteiger partial charge in [0.15, 0.2) is 0 Å². The Morgan fingerprint density at radius 1 is 1.43 bits per heavy atom. The quantitative estimate of drug-likeness (QED) is 0.892. The predicted molar refractivity (Wildman–Crippen MR) is 84.4 cm³/mol. The second kappa shape index (κ2) is 6.13. The molecule has 0 bridgehead atoms. The normalized spacial score (nSPS) is 14.3. The highest BCUT2D eigenvalue weighted by molar-refractivity contribution is 7.09. The molecule has 1 aliphatic rings. The fraction of sp³-hybridized carbons (Fsp3) is 0.333. The molecule has 2 amide bonds. The zero-order valence-corrected chi connectivity index (χ0v) is 12.7. The first-order valence-electron chi connectivity index (χ1n) is 6.98. The van der Waals surface area contributed by atoms with Crippen LogP contribution in [0.25, 0.3) is 0 Å². The van der Waals surface area contributed by atoms with E-state index in [0.717, 1.165) is 35.0 Å². The van der Waals surface area contributed by atoms with Gasteiger partial charge < -0.3 is 15.5 Å². The minimum atomic E-state index is 0.0142. The lowest BCUT2D eigenvalue weighted by Gasteiger charge is -2.17. The Balaban J connectivity index is 1.68. The van der Waals surface area contributed by atoms with E-state index < -0.39 is 0 Å². The molecule has 6 heteroatoms. The summed E-state index contributed by atoms with van der Waals surface area (Å²) in [5, 5.41) is 9.37. The van der Waals surface area contributed by atoms with Gasteiger partial charge in [0.05, 0.1) is 6.54 Å². The van der Waals surface area contributed by atoms with Crippen molar-refractivity contribution < 1.29 is 4.79 Å². The number of aromatic nitrogens is 1. The molecule has 0 saturated carbocycles. The van der Waals surface area contributed by atoms with E-state index in [9.17, 15) is 4.79 Å². The van der Waals surface area contributed by atoms with Crippen LogP contribution in [0.1, 0.15) is 16.3 Å². The highest BCUT2D eigenvalue weighted by Crippen LogP contribution is 2.20. The van der Waals surface area contributed by atoms with Crippen molar-refractivity contribution in [1.29, 1.82) is 0 Å². The third kappa shape index (κ3) is 3.33. The van der Waals surface area contributed by atoms with Gasteiger partial charge in [0.2, 0.25) is 0 Å². The van der Waals surface area contributed by atoms with Gasteiger partial charge >= 0.3 is 6.03 Å². The molecule has 2 aromatic rings. The van der Waals surface area contributed by atoms with E-state index in [2.05, 4.69) is 27.1 Å². The van der Waals surface area contributed by atoms with Crippen molar-refractivity contribution in [2.75, 3.05) is 18.4 Å². The number of para-hydroxylation sites is 1. The Labute approximate surface area is 128 Å². The lowest BCUT2D eigenvalue weighted by molar-refractivity contribution is 0.215. The van der Waals surface area contributed by atoms with Gasteiger partial charge in [0.1, 0.15) is 5.01 Å². The lowest BCUT2D eigenvalue weighted by atomic mass is 10.1. The molecule has 0 atom stereocenters. The third-order valence-electron chi connectivity index (χ3n) is 3.42. The summed E-state index contributed by atoms with van der Waals surface area (Å²) in [4.78, 5) is 17.9. The average Bonchev–Trinajstić information content (AvgIpc) is 3.07. The molecule has 0 aliphatic carbocycles. The van der Waals surface area contributed by atoms with Crippen LogP contribution in [-0.4, -0.2) is 29.0 Å². The Bertz CT molecular complexity index is 640. The third-order valence-corrected chi connectivity index (χ3v) is 4.39. The van der Waals surface area contributed by atoms with Gasteiger partial charge in [-0.3, -0.25) is 0 Å². The number of nitrogens with one attached hydrogen (secondary N) is 2. The Morgan fingerprint density at radius 2 is 2.29 bits per heavy atom. The number of benzene rings is 1. The summed E-state index contributed by atoms with van der Waals surface area (Å²) < 4.78 is 0. The van der Waals surface area contributed by atoms with E-state index in [1.54, 1.807) is 11.3 Å². The molecule has 1 saturated heterocycles. The molecule has 1 aromatic carbocycles. The number of rotatable bonds is 5. The number of amides is 2.